The van der Waals surface area contributed by atoms with E-state index in [9.17, 15) is 18.3 Å². The molecule has 3 N–H and O–H groups in total. The van der Waals surface area contributed by atoms with Crippen molar-refractivity contribution in [1.29, 1.82) is 0 Å². The van der Waals surface area contributed by atoms with Crippen LogP contribution < -0.4 is 15.2 Å². The topological polar surface area (TPSA) is 116 Å². The summed E-state index contributed by atoms with van der Waals surface area (Å²) in [4.78, 5) is 11.8. The molecule has 1 saturated carbocycles. The maximum Gasteiger partial charge on any atom is 0.325 e. The van der Waals surface area contributed by atoms with Crippen molar-refractivity contribution in [1.82, 2.24) is 0 Å². The Morgan fingerprint density at radius 1 is 1.15 bits per heavy atom. The van der Waals surface area contributed by atoms with E-state index in [1.807, 2.05) is 0 Å². The molecule has 0 spiro atoms. The minimum absolute atomic E-state index is 0.0220. The fourth-order valence-electron chi connectivity index (χ4n) is 3.39. The van der Waals surface area contributed by atoms with Crippen LogP contribution in [0.15, 0.2) is 47.4 Å². The van der Waals surface area contributed by atoms with Gasteiger partial charge < -0.3 is 20.3 Å². The number of fused-ring (bicyclic) bond motifs is 1. The van der Waals surface area contributed by atoms with Gasteiger partial charge in [-0.1, -0.05) is 17.7 Å². The predicted octanol–water partition coefficient (Wildman–Crippen LogP) is 1.79. The van der Waals surface area contributed by atoms with E-state index < -0.39 is 32.5 Å². The third kappa shape index (κ3) is 2.37. The molecule has 0 saturated heterocycles. The fourth-order valence-corrected chi connectivity index (χ4v) is 5.75. The first-order valence-corrected chi connectivity index (χ1v) is 9.60. The zero-order valence-corrected chi connectivity index (χ0v) is 14.8. The number of nitrogens with two attached hydrogens (primary N) is 1. The van der Waals surface area contributed by atoms with Crippen molar-refractivity contribution < 1.29 is 27.8 Å². The standard InChI is InChI=1S/C17H14ClNO6S/c18-10-2-4-11(5-3-10)26(22,23)15-14(17(15,19)16(20)21)9-1-6-12-13(7-9)25-8-24-12/h1-7,14-15H,8,19H2,(H,20,21)/t14-,15+,17+/m0/s1. The Balaban J connectivity index is 1.77. The number of rotatable bonds is 4. The lowest BCUT2D eigenvalue weighted by atomic mass is 10.1. The summed E-state index contributed by atoms with van der Waals surface area (Å²) >= 11 is 5.80. The minimum Gasteiger partial charge on any atom is -0.480 e. The van der Waals surface area contributed by atoms with Crippen molar-refractivity contribution in [3.05, 3.63) is 53.1 Å². The molecule has 4 rings (SSSR count). The highest BCUT2D eigenvalue weighted by Crippen LogP contribution is 2.56. The fraction of sp³-hybridized carbons (Fsp3) is 0.235. The molecule has 9 heteroatoms. The van der Waals surface area contributed by atoms with Crippen LogP contribution in [0.4, 0.5) is 0 Å². The number of carboxylic acids is 1. The summed E-state index contributed by atoms with van der Waals surface area (Å²) in [6, 6.07) is 10.4. The third-order valence-electron chi connectivity index (χ3n) is 4.78. The average molecular weight is 396 g/mol. The van der Waals surface area contributed by atoms with Crippen LogP contribution >= 0.6 is 11.6 Å². The average Bonchev–Trinajstić information content (AvgIpc) is 3.01. The van der Waals surface area contributed by atoms with Gasteiger partial charge in [-0.15, -0.1) is 0 Å². The minimum atomic E-state index is -3.98. The first kappa shape index (κ1) is 17.1. The van der Waals surface area contributed by atoms with E-state index >= 15 is 0 Å². The molecule has 0 amide bonds. The van der Waals surface area contributed by atoms with E-state index in [0.717, 1.165) is 0 Å². The summed E-state index contributed by atoms with van der Waals surface area (Å²) in [5, 5.41) is 8.68. The van der Waals surface area contributed by atoms with Crippen molar-refractivity contribution in [2.45, 2.75) is 21.6 Å². The van der Waals surface area contributed by atoms with Gasteiger partial charge >= 0.3 is 5.97 Å². The summed E-state index contributed by atoms with van der Waals surface area (Å²) in [7, 11) is -3.98. The molecule has 136 valence electrons. The second-order valence-electron chi connectivity index (χ2n) is 6.25. The second kappa shape index (κ2) is 5.60. The first-order chi connectivity index (χ1) is 12.3. The van der Waals surface area contributed by atoms with Gasteiger partial charge in [0.1, 0.15) is 10.8 Å². The summed E-state index contributed by atoms with van der Waals surface area (Å²) in [6.45, 7) is 0.0582. The molecule has 1 heterocycles. The lowest BCUT2D eigenvalue weighted by molar-refractivity contribution is -0.139. The molecule has 2 aromatic carbocycles. The van der Waals surface area contributed by atoms with Crippen molar-refractivity contribution >= 4 is 27.4 Å². The molecule has 2 aromatic rings. The molecule has 0 unspecified atom stereocenters. The molecule has 1 aliphatic heterocycles. The normalized spacial score (nSPS) is 26.5. The monoisotopic (exact) mass is 395 g/mol. The van der Waals surface area contributed by atoms with Crippen molar-refractivity contribution in [2.24, 2.45) is 5.73 Å². The molecule has 7 nitrogen and oxygen atoms in total. The highest BCUT2D eigenvalue weighted by molar-refractivity contribution is 7.92. The van der Waals surface area contributed by atoms with Crippen molar-refractivity contribution in [3.63, 3.8) is 0 Å². The van der Waals surface area contributed by atoms with Gasteiger partial charge in [0, 0.05) is 10.9 Å². The van der Waals surface area contributed by atoms with Gasteiger partial charge in [0.15, 0.2) is 21.3 Å². The van der Waals surface area contributed by atoms with Gasteiger partial charge in [-0.05, 0) is 42.0 Å². The quantitative estimate of drug-likeness (QED) is 0.810. The predicted molar refractivity (Wildman–Crippen MR) is 92.3 cm³/mol. The van der Waals surface area contributed by atoms with E-state index in [4.69, 9.17) is 26.8 Å². The number of ether oxygens (including phenoxy) is 2. The first-order valence-electron chi connectivity index (χ1n) is 7.67. The van der Waals surface area contributed by atoms with Crippen LogP contribution in [-0.2, 0) is 14.6 Å². The van der Waals surface area contributed by atoms with Gasteiger partial charge in [0.25, 0.3) is 0 Å². The number of hydrogen-bond donors (Lipinski definition) is 2. The largest absolute Gasteiger partial charge is 0.480 e. The van der Waals surface area contributed by atoms with Gasteiger partial charge in [0.2, 0.25) is 6.79 Å². The maximum atomic E-state index is 13.0. The van der Waals surface area contributed by atoms with Gasteiger partial charge in [-0.3, -0.25) is 4.79 Å². The number of halogens is 1. The zero-order valence-electron chi connectivity index (χ0n) is 13.3. The van der Waals surface area contributed by atoms with Crippen LogP contribution in [-0.4, -0.2) is 37.1 Å². The summed E-state index contributed by atoms with van der Waals surface area (Å²) in [6.07, 6.45) is 0. The summed E-state index contributed by atoms with van der Waals surface area (Å²) in [5.74, 6) is -1.33. The number of benzene rings is 2. The van der Waals surface area contributed by atoms with Crippen LogP contribution in [0.2, 0.25) is 5.02 Å². The van der Waals surface area contributed by atoms with E-state index in [1.165, 1.54) is 24.3 Å². The van der Waals surface area contributed by atoms with Gasteiger partial charge in [-0.2, -0.15) is 0 Å². The second-order valence-corrected chi connectivity index (χ2v) is 8.75. The van der Waals surface area contributed by atoms with E-state index in [2.05, 4.69) is 0 Å². The lowest BCUT2D eigenvalue weighted by Gasteiger charge is -2.07. The van der Waals surface area contributed by atoms with Crippen LogP contribution in [0.5, 0.6) is 11.5 Å². The molecule has 1 fully saturated rings. The lowest BCUT2D eigenvalue weighted by Crippen LogP contribution is -2.39. The molecule has 0 bridgehead atoms. The molecular formula is C17H14ClNO6S. The SMILES string of the molecule is N[C@@]1(C(=O)O)[C@H](S(=O)(=O)c2ccc(Cl)cc2)[C@@H]1c1ccc2c(c1)OCO2. The highest BCUT2D eigenvalue weighted by Gasteiger charge is 2.74. The molecule has 3 atom stereocenters. The Morgan fingerprint density at radius 3 is 2.46 bits per heavy atom. The Kier molecular flexibility index (Phi) is 3.69. The zero-order chi connectivity index (χ0) is 18.7. The maximum absolute atomic E-state index is 13.0. The van der Waals surface area contributed by atoms with Crippen LogP contribution in [0.25, 0.3) is 0 Å². The van der Waals surface area contributed by atoms with Crippen LogP contribution in [0.1, 0.15) is 11.5 Å². The van der Waals surface area contributed by atoms with Gasteiger partial charge in [0.05, 0.1) is 4.90 Å². The molecule has 2 aliphatic rings. The Bertz CT molecular complexity index is 1010. The number of hydrogen-bond acceptors (Lipinski definition) is 6. The van der Waals surface area contributed by atoms with Crippen LogP contribution in [0, 0.1) is 0 Å². The molecule has 0 radical (unpaired) electrons. The van der Waals surface area contributed by atoms with Gasteiger partial charge in [-0.25, -0.2) is 8.42 Å². The smallest absolute Gasteiger partial charge is 0.325 e. The Hall–Kier alpha value is -2.29. The molecule has 0 aromatic heterocycles. The number of carbonyl (C=O) groups is 1. The number of aliphatic carboxylic acids is 1. The third-order valence-corrected chi connectivity index (χ3v) is 7.29. The van der Waals surface area contributed by atoms with E-state index in [-0.39, 0.29) is 11.7 Å². The summed E-state index contributed by atoms with van der Waals surface area (Å²) < 4.78 is 36.5. The Morgan fingerprint density at radius 2 is 1.81 bits per heavy atom. The number of sulfone groups is 1. The van der Waals surface area contributed by atoms with Crippen molar-refractivity contribution in [3.8, 4) is 11.5 Å². The van der Waals surface area contributed by atoms with Crippen molar-refractivity contribution in [2.75, 3.05) is 6.79 Å². The molecule has 1 aliphatic carbocycles. The number of carboxylic acid groups (broad SMARTS) is 1. The van der Waals surface area contributed by atoms with E-state index in [0.29, 0.717) is 22.1 Å². The highest BCUT2D eigenvalue weighted by atomic mass is 35.5. The molecule has 26 heavy (non-hydrogen) atoms. The summed E-state index contributed by atoms with van der Waals surface area (Å²) in [5.41, 5.74) is 4.58. The van der Waals surface area contributed by atoms with E-state index in [1.54, 1.807) is 18.2 Å². The Labute approximate surface area is 154 Å². The van der Waals surface area contributed by atoms with Crippen LogP contribution in [0.3, 0.4) is 0 Å². The molecular weight excluding hydrogens is 382 g/mol.